The topological polar surface area (TPSA) is 209 Å². The van der Waals surface area contributed by atoms with Crippen molar-refractivity contribution in [1.29, 1.82) is 0 Å². The summed E-state index contributed by atoms with van der Waals surface area (Å²) in [6.45, 7) is 14.0. The molecule has 0 unspecified atom stereocenters. The summed E-state index contributed by atoms with van der Waals surface area (Å²) in [6, 6.07) is 0. The number of ether oxygens (including phenoxy) is 8. The maximum absolute atomic E-state index is 13.1. The Balaban J connectivity index is 0.855. The molecule has 21 atom stereocenters. The Bertz CT molecular complexity index is 1590. The molecule has 61 heavy (non-hydrogen) atoms. The van der Waals surface area contributed by atoms with E-state index in [0.717, 1.165) is 50.5 Å². The predicted molar refractivity (Wildman–Crippen MR) is 216 cm³/mol. The fourth-order valence-electron chi connectivity index (χ4n) is 13.5. The van der Waals surface area contributed by atoms with E-state index in [2.05, 4.69) is 13.8 Å². The lowest BCUT2D eigenvalue weighted by Gasteiger charge is -2.63. The molecule has 15 heteroatoms. The number of hydrogen-bond acceptors (Lipinski definition) is 15. The average Bonchev–Trinajstić information content (AvgIpc) is 3.69. The van der Waals surface area contributed by atoms with Gasteiger partial charge in [-0.3, -0.25) is 4.79 Å². The second-order valence-electron chi connectivity index (χ2n) is 21.0. The van der Waals surface area contributed by atoms with Crippen LogP contribution in [0.3, 0.4) is 0 Å². The van der Waals surface area contributed by atoms with Gasteiger partial charge in [0.2, 0.25) is 0 Å². The maximum atomic E-state index is 13.1. The van der Waals surface area contributed by atoms with Gasteiger partial charge in [-0.25, -0.2) is 4.79 Å². The van der Waals surface area contributed by atoms with E-state index in [-0.39, 0.29) is 73.0 Å². The third kappa shape index (κ3) is 8.61. The molecule has 4 aliphatic heterocycles. The summed E-state index contributed by atoms with van der Waals surface area (Å²) in [4.78, 5) is 25.4. The summed E-state index contributed by atoms with van der Waals surface area (Å²) in [5.41, 5.74) is -0.824. The van der Waals surface area contributed by atoms with Crippen molar-refractivity contribution >= 4 is 11.9 Å². The van der Waals surface area contributed by atoms with Gasteiger partial charge in [0.15, 0.2) is 18.9 Å². The van der Waals surface area contributed by atoms with Crippen molar-refractivity contribution in [2.75, 3.05) is 6.61 Å². The summed E-state index contributed by atoms with van der Waals surface area (Å²) in [5, 5.41) is 55.6. The van der Waals surface area contributed by atoms with Crippen LogP contribution < -0.4 is 0 Å². The SMILES string of the molecule is CC(C)CC(=O)O[C@H]1C[C@]2(O)[C@@H]3CC[C@@H]4C[C@@H](O[C@H]5C[C@H](O)[C@H](O[C@H]6C[C@H](O)[C@H](O[C@H]7C[C@H](O)[C@H](O)[C@@H](C)O7)[C@@H](C)O6)[C@@H](C)O5)CC[C@]4(C)[C@H]3CC[C@]2(C)[C@H]1C1=CC(=O)OC1. The number of aliphatic hydroxyl groups is 5. The Labute approximate surface area is 360 Å². The van der Waals surface area contributed by atoms with E-state index in [9.17, 15) is 35.1 Å². The van der Waals surface area contributed by atoms with Crippen molar-refractivity contribution in [2.45, 2.75) is 217 Å². The van der Waals surface area contributed by atoms with Gasteiger partial charge in [-0.2, -0.15) is 0 Å². The van der Waals surface area contributed by atoms with Gasteiger partial charge in [0, 0.05) is 49.5 Å². The summed E-state index contributed by atoms with van der Waals surface area (Å²) in [6.07, 6.45) is -1.07. The first-order valence-electron chi connectivity index (χ1n) is 23.2. The molecule has 0 aromatic carbocycles. The highest BCUT2D eigenvalue weighted by Gasteiger charge is 2.71. The summed E-state index contributed by atoms with van der Waals surface area (Å²) in [5.74, 6) is -0.0823. The molecule has 4 heterocycles. The van der Waals surface area contributed by atoms with E-state index in [1.54, 1.807) is 19.9 Å². The zero-order valence-electron chi connectivity index (χ0n) is 37.1. The molecule has 3 saturated heterocycles. The lowest BCUT2D eigenvalue weighted by Crippen LogP contribution is -2.62. The second kappa shape index (κ2) is 17.6. The van der Waals surface area contributed by atoms with Crippen LogP contribution in [0.4, 0.5) is 0 Å². The lowest BCUT2D eigenvalue weighted by molar-refractivity contribution is -0.336. The first-order valence-corrected chi connectivity index (χ1v) is 23.2. The molecule has 0 bridgehead atoms. The fraction of sp³-hybridized carbons (Fsp3) is 0.913. The number of aliphatic hydroxyl groups excluding tert-OH is 4. The van der Waals surface area contributed by atoms with Gasteiger partial charge < -0.3 is 63.4 Å². The summed E-state index contributed by atoms with van der Waals surface area (Å²) < 4.78 is 48.6. The minimum Gasteiger partial charge on any atom is -0.462 e. The van der Waals surface area contributed by atoms with Crippen LogP contribution in [0, 0.1) is 40.4 Å². The predicted octanol–water partition coefficient (Wildman–Crippen LogP) is 3.82. The molecule has 7 fully saturated rings. The lowest BCUT2D eigenvalue weighted by atomic mass is 9.43. The number of fused-ring (bicyclic) bond motifs is 5. The van der Waals surface area contributed by atoms with Gasteiger partial charge in [-0.05, 0) is 100 Å². The van der Waals surface area contributed by atoms with Gasteiger partial charge >= 0.3 is 11.9 Å². The quantitative estimate of drug-likeness (QED) is 0.156. The number of hydrogen-bond donors (Lipinski definition) is 5. The van der Waals surface area contributed by atoms with Crippen molar-refractivity contribution in [1.82, 2.24) is 0 Å². The average molecular weight is 865 g/mol. The Hall–Kier alpha value is -1.76. The highest BCUT2D eigenvalue weighted by atomic mass is 16.7. The van der Waals surface area contributed by atoms with Gasteiger partial charge in [-0.1, -0.05) is 27.7 Å². The van der Waals surface area contributed by atoms with Crippen LogP contribution >= 0.6 is 0 Å². The van der Waals surface area contributed by atoms with E-state index < -0.39 is 90.9 Å². The zero-order chi connectivity index (χ0) is 43.8. The molecule has 346 valence electrons. The van der Waals surface area contributed by atoms with Crippen LogP contribution in [-0.2, 0) is 47.5 Å². The largest absolute Gasteiger partial charge is 0.462 e. The molecule has 0 aromatic heterocycles. The molecule has 4 aliphatic carbocycles. The minimum atomic E-state index is -1.06. The molecule has 15 nitrogen and oxygen atoms in total. The standard InChI is InChI=1S/C46H72O15/c1-22(2)14-36(51)59-34-20-46(53)30-9-8-27-16-28(10-12-44(27,6)29(30)11-13-45(46,7)40(34)26-15-35(50)54-21-26)58-37-18-32(48)42(24(4)56-37)61-39-19-33(49)43(25(5)57-39)60-38-17-31(47)41(52)23(3)55-38/h15,22-25,27-34,37-43,47-49,52-53H,8-14,16-21H2,1-7H3/t23-,24-,25-,27-,28+,29+,30-,31+,32+,33+,34+,37+,38+,39+,40+,41-,42-,43-,44+,45-,46+/m1/s1. The van der Waals surface area contributed by atoms with Gasteiger partial charge in [0.05, 0.1) is 48.3 Å². The highest BCUT2D eigenvalue weighted by molar-refractivity contribution is 5.85. The van der Waals surface area contributed by atoms with Gasteiger partial charge in [-0.15, -0.1) is 0 Å². The maximum Gasteiger partial charge on any atom is 0.331 e. The molecule has 0 radical (unpaired) electrons. The van der Waals surface area contributed by atoms with Crippen molar-refractivity contribution in [3.05, 3.63) is 11.6 Å². The molecule has 0 aromatic rings. The Morgan fingerprint density at radius 1 is 0.787 bits per heavy atom. The molecule has 8 rings (SSSR count). The molecule has 0 spiro atoms. The van der Waals surface area contributed by atoms with Crippen LogP contribution in [0.1, 0.15) is 126 Å². The van der Waals surface area contributed by atoms with Gasteiger partial charge in [0.1, 0.15) is 31.0 Å². The van der Waals surface area contributed by atoms with Crippen LogP contribution in [0.15, 0.2) is 11.6 Å². The van der Waals surface area contributed by atoms with Crippen molar-refractivity contribution in [3.8, 4) is 0 Å². The number of carbonyl (C=O) groups is 2. The molecular formula is C46H72O15. The third-order valence-corrected chi connectivity index (χ3v) is 16.7. The van der Waals surface area contributed by atoms with E-state index in [0.29, 0.717) is 18.8 Å². The Morgan fingerprint density at radius 3 is 1.97 bits per heavy atom. The summed E-state index contributed by atoms with van der Waals surface area (Å²) in [7, 11) is 0. The molecule has 8 aliphatic rings. The molecule has 0 amide bonds. The third-order valence-electron chi connectivity index (χ3n) is 16.7. The number of cyclic esters (lactones) is 1. The molecular weight excluding hydrogens is 792 g/mol. The smallest absolute Gasteiger partial charge is 0.331 e. The first kappa shape index (κ1) is 45.8. The van der Waals surface area contributed by atoms with E-state index >= 15 is 0 Å². The Morgan fingerprint density at radius 2 is 1.39 bits per heavy atom. The fourth-order valence-corrected chi connectivity index (χ4v) is 13.5. The Kier molecular flexibility index (Phi) is 13.2. The zero-order valence-corrected chi connectivity index (χ0v) is 37.1. The first-order chi connectivity index (χ1) is 28.8. The van der Waals surface area contributed by atoms with Crippen molar-refractivity contribution in [3.63, 3.8) is 0 Å². The monoisotopic (exact) mass is 864 g/mol. The van der Waals surface area contributed by atoms with Crippen LogP contribution in [0.2, 0.25) is 0 Å². The highest BCUT2D eigenvalue weighted by Crippen LogP contribution is 2.70. The van der Waals surface area contributed by atoms with E-state index in [4.69, 9.17) is 37.9 Å². The summed E-state index contributed by atoms with van der Waals surface area (Å²) >= 11 is 0. The molecule has 4 saturated carbocycles. The number of carbonyl (C=O) groups excluding carboxylic acids is 2. The van der Waals surface area contributed by atoms with Crippen LogP contribution in [-0.4, -0.2) is 136 Å². The van der Waals surface area contributed by atoms with E-state index in [1.165, 1.54) is 0 Å². The van der Waals surface area contributed by atoms with Crippen molar-refractivity contribution < 1.29 is 73.0 Å². The molecule has 5 N–H and O–H groups in total. The number of rotatable bonds is 10. The van der Waals surface area contributed by atoms with Crippen LogP contribution in [0.25, 0.3) is 0 Å². The minimum absolute atomic E-state index is 0.00997. The van der Waals surface area contributed by atoms with Gasteiger partial charge in [0.25, 0.3) is 0 Å². The van der Waals surface area contributed by atoms with E-state index in [1.807, 2.05) is 20.8 Å². The normalized spacial score (nSPS) is 51.2. The second-order valence-corrected chi connectivity index (χ2v) is 21.0. The number of esters is 2. The van der Waals surface area contributed by atoms with Crippen molar-refractivity contribution in [2.24, 2.45) is 40.4 Å². The van der Waals surface area contributed by atoms with Crippen LogP contribution in [0.5, 0.6) is 0 Å².